The van der Waals surface area contributed by atoms with Gasteiger partial charge in [-0.3, -0.25) is 9.59 Å². The summed E-state index contributed by atoms with van der Waals surface area (Å²) in [6, 6.07) is 0. The zero-order valence-electron chi connectivity index (χ0n) is 33.4. The lowest BCUT2D eigenvalue weighted by Crippen LogP contribution is -2.28. The maximum atomic E-state index is 12.2. The van der Waals surface area contributed by atoms with Crippen LogP contribution in [0.15, 0.2) is 24.3 Å². The van der Waals surface area contributed by atoms with Crippen LogP contribution in [0.5, 0.6) is 0 Å². The third-order valence-corrected chi connectivity index (χ3v) is 9.75. The number of aliphatic hydroxyl groups excluding tert-OH is 1. The molecular formula is C45H84O5. The largest absolute Gasteiger partial charge is 0.462 e. The molecular weight excluding hydrogens is 620 g/mol. The van der Waals surface area contributed by atoms with Gasteiger partial charge in [0.2, 0.25) is 0 Å². The lowest BCUT2D eigenvalue weighted by atomic mass is 10.0. The van der Waals surface area contributed by atoms with Crippen molar-refractivity contribution in [1.29, 1.82) is 0 Å². The van der Waals surface area contributed by atoms with E-state index < -0.39 is 6.10 Å². The lowest BCUT2D eigenvalue weighted by molar-refractivity contribution is -0.161. The molecule has 1 N–H and O–H groups in total. The van der Waals surface area contributed by atoms with Gasteiger partial charge in [0.25, 0.3) is 0 Å². The summed E-state index contributed by atoms with van der Waals surface area (Å²) in [7, 11) is 0. The van der Waals surface area contributed by atoms with Crippen LogP contribution in [0.2, 0.25) is 0 Å². The van der Waals surface area contributed by atoms with E-state index in [1.165, 1.54) is 154 Å². The molecule has 0 aliphatic carbocycles. The Morgan fingerprint density at radius 2 is 0.800 bits per heavy atom. The van der Waals surface area contributed by atoms with Gasteiger partial charge in [0.1, 0.15) is 6.61 Å². The second-order valence-corrected chi connectivity index (χ2v) is 14.8. The van der Waals surface area contributed by atoms with Gasteiger partial charge in [-0.25, -0.2) is 0 Å². The molecule has 0 saturated carbocycles. The summed E-state index contributed by atoms with van der Waals surface area (Å²) in [6.07, 6.45) is 49.6. The molecule has 0 unspecified atom stereocenters. The topological polar surface area (TPSA) is 72.8 Å². The molecule has 0 aliphatic heterocycles. The van der Waals surface area contributed by atoms with Gasteiger partial charge in [-0.05, 0) is 44.9 Å². The van der Waals surface area contributed by atoms with Crippen molar-refractivity contribution in [2.24, 2.45) is 0 Å². The maximum absolute atomic E-state index is 12.2. The first-order valence-corrected chi connectivity index (χ1v) is 21.9. The van der Waals surface area contributed by atoms with Gasteiger partial charge in [-0.15, -0.1) is 0 Å². The summed E-state index contributed by atoms with van der Waals surface area (Å²) in [4.78, 5) is 24.3. The molecule has 0 rings (SSSR count). The second-order valence-electron chi connectivity index (χ2n) is 14.8. The molecule has 0 saturated heterocycles. The van der Waals surface area contributed by atoms with Gasteiger partial charge >= 0.3 is 11.9 Å². The van der Waals surface area contributed by atoms with Gasteiger partial charge in [-0.2, -0.15) is 0 Å². The number of hydrogen-bond acceptors (Lipinski definition) is 5. The molecule has 5 nitrogen and oxygen atoms in total. The molecule has 0 aliphatic rings. The summed E-state index contributed by atoms with van der Waals surface area (Å²) in [5.74, 6) is -0.596. The Bertz CT molecular complexity index is 761. The third-order valence-electron chi connectivity index (χ3n) is 9.75. The standard InChI is InChI=1S/C45H84O5/c1-3-5-7-9-11-13-15-17-19-20-21-22-23-24-26-28-30-32-34-36-38-40-45(48)50-43(41-46)42-49-44(47)39-37-35-33-31-29-27-25-18-16-14-12-10-8-6-4-2/h12,14,18,25,43,46H,3-11,13,15-17,19-24,26-42H2,1-2H3/b14-12-,25-18-/t43-/m0/s1. The molecule has 294 valence electrons. The molecule has 0 fully saturated rings. The van der Waals surface area contributed by atoms with Crippen molar-refractivity contribution in [2.75, 3.05) is 13.2 Å². The smallest absolute Gasteiger partial charge is 0.306 e. The van der Waals surface area contributed by atoms with E-state index in [1.807, 2.05) is 0 Å². The minimum atomic E-state index is -0.772. The SMILES string of the molecule is CCCCC/C=C\C/C=C\CCCCCCCC(=O)OC[C@H](CO)OC(=O)CCCCCCCCCCCCCCCCCCCCCCC. The first-order valence-electron chi connectivity index (χ1n) is 21.9. The number of unbranched alkanes of at least 4 members (excludes halogenated alkanes) is 28. The highest BCUT2D eigenvalue weighted by atomic mass is 16.6. The molecule has 0 heterocycles. The highest BCUT2D eigenvalue weighted by molar-refractivity contribution is 5.70. The fourth-order valence-corrected chi connectivity index (χ4v) is 6.41. The summed E-state index contributed by atoms with van der Waals surface area (Å²) >= 11 is 0. The van der Waals surface area contributed by atoms with Crippen molar-refractivity contribution >= 4 is 11.9 Å². The van der Waals surface area contributed by atoms with Crippen LogP contribution in [0, 0.1) is 0 Å². The van der Waals surface area contributed by atoms with Crippen LogP contribution < -0.4 is 0 Å². The molecule has 1 atom stereocenters. The molecule has 0 amide bonds. The van der Waals surface area contributed by atoms with E-state index >= 15 is 0 Å². The monoisotopic (exact) mass is 705 g/mol. The van der Waals surface area contributed by atoms with Crippen LogP contribution in [0.4, 0.5) is 0 Å². The second kappa shape index (κ2) is 41.8. The number of esters is 2. The first-order chi connectivity index (χ1) is 24.6. The average Bonchev–Trinajstić information content (AvgIpc) is 3.12. The van der Waals surface area contributed by atoms with Crippen molar-refractivity contribution in [2.45, 2.75) is 238 Å². The van der Waals surface area contributed by atoms with E-state index in [0.29, 0.717) is 12.8 Å². The van der Waals surface area contributed by atoms with Crippen LogP contribution in [-0.2, 0) is 19.1 Å². The van der Waals surface area contributed by atoms with Crippen molar-refractivity contribution in [3.05, 3.63) is 24.3 Å². The van der Waals surface area contributed by atoms with Crippen molar-refractivity contribution in [3.63, 3.8) is 0 Å². The predicted molar refractivity (Wildman–Crippen MR) is 215 cm³/mol. The quantitative estimate of drug-likeness (QED) is 0.0390. The Balaban J connectivity index is 3.50. The third kappa shape index (κ3) is 39.2. The summed E-state index contributed by atoms with van der Waals surface area (Å²) < 4.78 is 10.6. The molecule has 50 heavy (non-hydrogen) atoms. The molecule has 0 spiro atoms. The van der Waals surface area contributed by atoms with Crippen molar-refractivity contribution < 1.29 is 24.2 Å². The van der Waals surface area contributed by atoms with Gasteiger partial charge in [0, 0.05) is 12.8 Å². The zero-order valence-corrected chi connectivity index (χ0v) is 33.4. The van der Waals surface area contributed by atoms with E-state index in [2.05, 4.69) is 38.2 Å². The van der Waals surface area contributed by atoms with Gasteiger partial charge in [0.15, 0.2) is 6.10 Å². The van der Waals surface area contributed by atoms with Gasteiger partial charge in [0.05, 0.1) is 6.61 Å². The molecule has 0 aromatic carbocycles. The van der Waals surface area contributed by atoms with Crippen LogP contribution in [-0.4, -0.2) is 36.4 Å². The molecule has 5 heteroatoms. The zero-order chi connectivity index (χ0) is 36.4. The number of carbonyl (C=O) groups excluding carboxylic acids is 2. The van der Waals surface area contributed by atoms with Crippen LogP contribution in [0.3, 0.4) is 0 Å². The van der Waals surface area contributed by atoms with E-state index in [4.69, 9.17) is 9.47 Å². The van der Waals surface area contributed by atoms with E-state index in [9.17, 15) is 14.7 Å². The number of rotatable bonds is 40. The Hall–Kier alpha value is -1.62. The van der Waals surface area contributed by atoms with E-state index in [-0.39, 0.29) is 25.2 Å². The maximum Gasteiger partial charge on any atom is 0.306 e. The van der Waals surface area contributed by atoms with E-state index in [1.54, 1.807) is 0 Å². The number of hydrogen-bond donors (Lipinski definition) is 1. The Kier molecular flexibility index (Phi) is 40.4. The lowest BCUT2D eigenvalue weighted by Gasteiger charge is -2.15. The Labute approximate surface area is 311 Å². The number of aliphatic hydroxyl groups is 1. The number of ether oxygens (including phenoxy) is 2. The van der Waals surface area contributed by atoms with Gasteiger partial charge in [-0.1, -0.05) is 199 Å². The molecule has 0 aromatic heterocycles. The fraction of sp³-hybridized carbons (Fsp3) is 0.867. The molecule has 0 aromatic rings. The number of allylic oxidation sites excluding steroid dienone is 4. The normalized spacial score (nSPS) is 12.3. The van der Waals surface area contributed by atoms with Gasteiger partial charge < -0.3 is 14.6 Å². The summed E-state index contributed by atoms with van der Waals surface area (Å²) in [6.45, 7) is 4.12. The molecule has 0 bridgehead atoms. The fourth-order valence-electron chi connectivity index (χ4n) is 6.41. The van der Waals surface area contributed by atoms with Crippen LogP contribution in [0.1, 0.15) is 232 Å². The van der Waals surface area contributed by atoms with Crippen LogP contribution in [0.25, 0.3) is 0 Å². The van der Waals surface area contributed by atoms with Crippen molar-refractivity contribution in [1.82, 2.24) is 0 Å². The Morgan fingerprint density at radius 3 is 1.22 bits per heavy atom. The summed E-state index contributed by atoms with van der Waals surface area (Å²) in [5.41, 5.74) is 0. The average molecular weight is 705 g/mol. The van der Waals surface area contributed by atoms with E-state index in [0.717, 1.165) is 51.4 Å². The van der Waals surface area contributed by atoms with Crippen molar-refractivity contribution in [3.8, 4) is 0 Å². The predicted octanol–water partition coefficient (Wildman–Crippen LogP) is 13.8. The highest BCUT2D eigenvalue weighted by Gasteiger charge is 2.16. The van der Waals surface area contributed by atoms with Crippen LogP contribution >= 0.6 is 0 Å². The minimum Gasteiger partial charge on any atom is -0.462 e. The highest BCUT2D eigenvalue weighted by Crippen LogP contribution is 2.16. The molecule has 0 radical (unpaired) electrons. The summed E-state index contributed by atoms with van der Waals surface area (Å²) in [5, 5.41) is 9.57. The first kappa shape index (κ1) is 48.4. The number of carbonyl (C=O) groups is 2. The Morgan fingerprint density at radius 1 is 0.460 bits per heavy atom. The minimum absolute atomic E-state index is 0.0688.